The number of benzene rings is 9. The van der Waals surface area contributed by atoms with Crippen LogP contribution in [0.1, 0.15) is 0 Å². The number of hydrogen-bond acceptors (Lipinski definition) is 0. The van der Waals surface area contributed by atoms with E-state index in [9.17, 15) is 0 Å². The summed E-state index contributed by atoms with van der Waals surface area (Å²) in [6.07, 6.45) is 0. The van der Waals surface area contributed by atoms with E-state index in [4.69, 9.17) is 0 Å². The van der Waals surface area contributed by atoms with Crippen LogP contribution in [0.3, 0.4) is 0 Å². The van der Waals surface area contributed by atoms with Crippen molar-refractivity contribution in [2.75, 3.05) is 0 Å². The average molecular weight is 713 g/mol. The lowest BCUT2D eigenvalue weighted by Crippen LogP contribution is -1.94. The molecule has 2 nitrogen and oxygen atoms in total. The molecular weight excluding hydrogens is 677 g/mol. The Hall–Kier alpha value is -7.42. The Bertz CT molecular complexity index is 3210. The van der Waals surface area contributed by atoms with Crippen LogP contribution in [0.4, 0.5) is 0 Å². The molecule has 0 bridgehead atoms. The van der Waals surface area contributed by atoms with Crippen molar-refractivity contribution in [3.63, 3.8) is 0 Å². The minimum Gasteiger partial charge on any atom is -0.309 e. The Morgan fingerprint density at radius 2 is 0.554 bits per heavy atom. The van der Waals surface area contributed by atoms with Crippen molar-refractivity contribution < 1.29 is 0 Å². The van der Waals surface area contributed by atoms with Crippen molar-refractivity contribution in [3.8, 4) is 55.9 Å². The Labute approximate surface area is 325 Å². The third-order valence-corrected chi connectivity index (χ3v) is 11.3. The van der Waals surface area contributed by atoms with Gasteiger partial charge in [-0.1, -0.05) is 152 Å². The molecule has 0 fully saturated rings. The lowest BCUT2D eigenvalue weighted by Gasteiger charge is -2.11. The van der Waals surface area contributed by atoms with Crippen molar-refractivity contribution in [1.29, 1.82) is 0 Å². The largest absolute Gasteiger partial charge is 0.309 e. The van der Waals surface area contributed by atoms with Gasteiger partial charge in [0.15, 0.2) is 0 Å². The van der Waals surface area contributed by atoms with Gasteiger partial charge < -0.3 is 9.13 Å². The highest BCUT2D eigenvalue weighted by Crippen LogP contribution is 2.40. The highest BCUT2D eigenvalue weighted by Gasteiger charge is 2.17. The average Bonchev–Trinajstić information content (AvgIpc) is 3.79. The van der Waals surface area contributed by atoms with Gasteiger partial charge >= 0.3 is 0 Å². The molecule has 0 spiro atoms. The summed E-state index contributed by atoms with van der Waals surface area (Å²) in [5.41, 5.74) is 16.8. The second kappa shape index (κ2) is 13.2. The topological polar surface area (TPSA) is 9.86 Å². The number of fused-ring (bicyclic) bond motifs is 6. The highest BCUT2D eigenvalue weighted by atomic mass is 15.0. The minimum absolute atomic E-state index is 1.15. The summed E-state index contributed by atoms with van der Waals surface area (Å²) in [6.45, 7) is 0. The van der Waals surface area contributed by atoms with Gasteiger partial charge in [-0.25, -0.2) is 0 Å². The molecule has 0 unspecified atom stereocenters. The third kappa shape index (κ3) is 5.34. The van der Waals surface area contributed by atoms with E-state index in [1.807, 2.05) is 0 Å². The number of nitrogens with zero attached hydrogens (tertiary/aromatic N) is 2. The van der Waals surface area contributed by atoms with E-state index in [0.29, 0.717) is 0 Å². The predicted octanol–water partition coefficient (Wildman–Crippen LogP) is 14.5. The summed E-state index contributed by atoms with van der Waals surface area (Å²) in [5, 5.41) is 4.98. The zero-order valence-corrected chi connectivity index (χ0v) is 30.7. The van der Waals surface area contributed by atoms with Crippen molar-refractivity contribution in [3.05, 3.63) is 218 Å². The van der Waals surface area contributed by atoms with Gasteiger partial charge in [0.05, 0.1) is 22.1 Å². The second-order valence-electron chi connectivity index (χ2n) is 14.6. The Morgan fingerprint density at radius 1 is 0.196 bits per heavy atom. The fourth-order valence-corrected chi connectivity index (χ4v) is 8.61. The smallest absolute Gasteiger partial charge is 0.0541 e. The van der Waals surface area contributed by atoms with Crippen molar-refractivity contribution in [1.82, 2.24) is 9.13 Å². The van der Waals surface area contributed by atoms with Crippen LogP contribution in [0.25, 0.3) is 99.5 Å². The first-order valence-corrected chi connectivity index (χ1v) is 19.3. The molecule has 2 heteroatoms. The van der Waals surface area contributed by atoms with Gasteiger partial charge in [-0.05, 0) is 111 Å². The molecule has 0 saturated carbocycles. The quantitative estimate of drug-likeness (QED) is 0.162. The summed E-state index contributed by atoms with van der Waals surface area (Å²) in [4.78, 5) is 0. The molecule has 11 rings (SSSR count). The van der Waals surface area contributed by atoms with Crippen LogP contribution in [0.15, 0.2) is 218 Å². The SMILES string of the molecule is c1ccc(-c2ccc(-n3c4ccc(-c5ccccc5)cc4c4cc(-c5ccc6c(c5)c5ccccc5n6-c5cccc(-c6ccccc6)c5)ccc43)cc2)cc1. The van der Waals surface area contributed by atoms with Gasteiger partial charge in [0.2, 0.25) is 0 Å². The molecule has 0 radical (unpaired) electrons. The van der Waals surface area contributed by atoms with Crippen LogP contribution >= 0.6 is 0 Å². The second-order valence-corrected chi connectivity index (χ2v) is 14.6. The molecule has 2 heterocycles. The normalized spacial score (nSPS) is 11.6. The van der Waals surface area contributed by atoms with E-state index in [2.05, 4.69) is 228 Å². The van der Waals surface area contributed by atoms with Crippen LogP contribution in [-0.4, -0.2) is 9.13 Å². The van der Waals surface area contributed by atoms with Gasteiger partial charge in [-0.2, -0.15) is 0 Å². The number of rotatable bonds is 6. The summed E-state index contributed by atoms with van der Waals surface area (Å²) in [7, 11) is 0. The van der Waals surface area contributed by atoms with Gasteiger partial charge in [-0.3, -0.25) is 0 Å². The fraction of sp³-hybridized carbons (Fsp3) is 0. The molecule has 0 aliphatic heterocycles. The fourth-order valence-electron chi connectivity index (χ4n) is 8.61. The van der Waals surface area contributed by atoms with Gasteiger partial charge in [0, 0.05) is 32.9 Å². The first-order valence-electron chi connectivity index (χ1n) is 19.3. The zero-order valence-electron chi connectivity index (χ0n) is 30.7. The van der Waals surface area contributed by atoms with Crippen molar-refractivity contribution >= 4 is 43.6 Å². The van der Waals surface area contributed by atoms with Crippen LogP contribution in [0.5, 0.6) is 0 Å². The molecule has 0 aliphatic rings. The van der Waals surface area contributed by atoms with Gasteiger partial charge in [0.25, 0.3) is 0 Å². The van der Waals surface area contributed by atoms with Gasteiger partial charge in [0.1, 0.15) is 0 Å². The first-order chi connectivity index (χ1) is 27.8. The maximum atomic E-state index is 2.42. The summed E-state index contributed by atoms with van der Waals surface area (Å²) >= 11 is 0. The lowest BCUT2D eigenvalue weighted by atomic mass is 9.99. The van der Waals surface area contributed by atoms with Crippen LogP contribution in [-0.2, 0) is 0 Å². The standard InChI is InChI=1S/C54H36N2/c1-4-13-37(14-5-1)40-23-28-45(29-24-40)55-53-30-25-42(39-17-8-3-9-18-39)34-49(53)50-36-44(27-32-54(50)55)43-26-31-52-48(35-43)47-21-10-11-22-51(47)56(52)46-20-12-19-41(33-46)38-15-6-2-7-16-38/h1-36H. The molecule has 0 atom stereocenters. The van der Waals surface area contributed by atoms with E-state index in [1.165, 1.54) is 88.1 Å². The lowest BCUT2D eigenvalue weighted by molar-refractivity contribution is 1.18. The molecule has 262 valence electrons. The van der Waals surface area contributed by atoms with Gasteiger partial charge in [-0.15, -0.1) is 0 Å². The number of hydrogen-bond donors (Lipinski definition) is 0. The van der Waals surface area contributed by atoms with E-state index in [-0.39, 0.29) is 0 Å². The van der Waals surface area contributed by atoms with E-state index in [1.54, 1.807) is 0 Å². The monoisotopic (exact) mass is 712 g/mol. The van der Waals surface area contributed by atoms with Crippen molar-refractivity contribution in [2.24, 2.45) is 0 Å². The minimum atomic E-state index is 1.15. The van der Waals surface area contributed by atoms with Crippen LogP contribution < -0.4 is 0 Å². The maximum Gasteiger partial charge on any atom is 0.0541 e. The Balaban J connectivity index is 1.07. The Kier molecular flexibility index (Phi) is 7.53. The molecule has 0 aliphatic carbocycles. The molecule has 0 saturated heterocycles. The molecule has 56 heavy (non-hydrogen) atoms. The summed E-state index contributed by atoms with van der Waals surface area (Å²) in [6, 6.07) is 79.4. The molecule has 9 aromatic carbocycles. The number of para-hydroxylation sites is 1. The van der Waals surface area contributed by atoms with Crippen LogP contribution in [0, 0.1) is 0 Å². The predicted molar refractivity (Wildman–Crippen MR) is 237 cm³/mol. The number of aromatic nitrogens is 2. The molecule has 2 aromatic heterocycles. The zero-order chi connectivity index (χ0) is 37.0. The maximum absolute atomic E-state index is 2.42. The molecular formula is C54H36N2. The third-order valence-electron chi connectivity index (χ3n) is 11.3. The Morgan fingerprint density at radius 3 is 1.11 bits per heavy atom. The van der Waals surface area contributed by atoms with E-state index >= 15 is 0 Å². The summed E-state index contributed by atoms with van der Waals surface area (Å²) < 4.78 is 4.82. The molecule has 0 N–H and O–H groups in total. The highest BCUT2D eigenvalue weighted by molar-refractivity contribution is 6.13. The van der Waals surface area contributed by atoms with Crippen LogP contribution in [0.2, 0.25) is 0 Å². The van der Waals surface area contributed by atoms with E-state index < -0.39 is 0 Å². The van der Waals surface area contributed by atoms with E-state index in [0.717, 1.165) is 11.4 Å². The molecule has 0 amide bonds. The van der Waals surface area contributed by atoms with Crippen molar-refractivity contribution in [2.45, 2.75) is 0 Å². The first kappa shape index (κ1) is 32.0. The summed E-state index contributed by atoms with van der Waals surface area (Å²) in [5.74, 6) is 0. The molecule has 11 aromatic rings.